The SMILES string of the molecule is O=C1NC(=NCc2ccccc2)S/C1=C/c1ccc(F)cc1. The topological polar surface area (TPSA) is 41.5 Å². The van der Waals surface area contributed by atoms with Gasteiger partial charge >= 0.3 is 0 Å². The number of hydrogen-bond donors (Lipinski definition) is 1. The maximum absolute atomic E-state index is 12.9. The predicted octanol–water partition coefficient (Wildman–Crippen LogP) is 3.59. The fourth-order valence-electron chi connectivity index (χ4n) is 1.96. The van der Waals surface area contributed by atoms with Gasteiger partial charge in [-0.25, -0.2) is 4.39 Å². The second-order valence-corrected chi connectivity index (χ2v) is 5.75. The Labute approximate surface area is 132 Å². The molecule has 1 N–H and O–H groups in total. The summed E-state index contributed by atoms with van der Waals surface area (Å²) in [4.78, 5) is 16.9. The largest absolute Gasteiger partial charge is 0.301 e. The van der Waals surface area contributed by atoms with E-state index in [2.05, 4.69) is 10.3 Å². The highest BCUT2D eigenvalue weighted by molar-refractivity contribution is 8.18. The van der Waals surface area contributed by atoms with E-state index in [0.29, 0.717) is 16.6 Å². The van der Waals surface area contributed by atoms with Crippen LogP contribution in [0, 0.1) is 5.82 Å². The molecule has 0 spiro atoms. The number of thioether (sulfide) groups is 1. The van der Waals surface area contributed by atoms with Crippen molar-refractivity contribution in [2.24, 2.45) is 4.99 Å². The molecule has 0 aliphatic carbocycles. The lowest BCUT2D eigenvalue weighted by molar-refractivity contribution is -0.115. The molecule has 0 bridgehead atoms. The maximum Gasteiger partial charge on any atom is 0.264 e. The van der Waals surface area contributed by atoms with Crippen molar-refractivity contribution in [3.8, 4) is 0 Å². The summed E-state index contributed by atoms with van der Waals surface area (Å²) in [7, 11) is 0. The number of aliphatic imine (C=N–C) groups is 1. The first-order valence-electron chi connectivity index (χ1n) is 6.75. The molecular weight excluding hydrogens is 299 g/mol. The van der Waals surface area contributed by atoms with Crippen molar-refractivity contribution in [3.63, 3.8) is 0 Å². The van der Waals surface area contributed by atoms with Gasteiger partial charge in [0.25, 0.3) is 5.91 Å². The quantitative estimate of drug-likeness (QED) is 0.880. The molecule has 110 valence electrons. The van der Waals surface area contributed by atoms with Crippen molar-refractivity contribution < 1.29 is 9.18 Å². The van der Waals surface area contributed by atoms with E-state index in [1.807, 2.05) is 30.3 Å². The minimum Gasteiger partial charge on any atom is -0.301 e. The molecule has 1 aliphatic heterocycles. The van der Waals surface area contributed by atoms with Crippen molar-refractivity contribution in [1.82, 2.24) is 5.32 Å². The van der Waals surface area contributed by atoms with E-state index in [-0.39, 0.29) is 11.7 Å². The van der Waals surface area contributed by atoms with Gasteiger partial charge in [0.2, 0.25) is 0 Å². The highest BCUT2D eigenvalue weighted by atomic mass is 32.2. The van der Waals surface area contributed by atoms with Crippen LogP contribution in [0.4, 0.5) is 4.39 Å². The van der Waals surface area contributed by atoms with Gasteiger partial charge in [0.15, 0.2) is 5.17 Å². The second kappa shape index (κ2) is 6.58. The monoisotopic (exact) mass is 312 g/mol. The van der Waals surface area contributed by atoms with Crippen LogP contribution in [0.3, 0.4) is 0 Å². The molecule has 5 heteroatoms. The first kappa shape index (κ1) is 14.5. The van der Waals surface area contributed by atoms with Crippen molar-refractivity contribution in [3.05, 3.63) is 76.4 Å². The Morgan fingerprint density at radius 1 is 1.09 bits per heavy atom. The van der Waals surface area contributed by atoms with E-state index >= 15 is 0 Å². The number of hydrogen-bond acceptors (Lipinski definition) is 3. The Bertz CT molecular complexity index is 739. The predicted molar refractivity (Wildman–Crippen MR) is 87.7 cm³/mol. The second-order valence-electron chi connectivity index (χ2n) is 4.72. The zero-order valence-corrected chi connectivity index (χ0v) is 12.4. The van der Waals surface area contributed by atoms with Gasteiger partial charge in [-0.3, -0.25) is 9.79 Å². The van der Waals surface area contributed by atoms with Crippen LogP contribution in [-0.2, 0) is 11.3 Å². The normalized spacial score (nSPS) is 18.0. The molecule has 2 aromatic rings. The lowest BCUT2D eigenvalue weighted by Gasteiger charge is -1.97. The Balaban J connectivity index is 1.71. The minimum atomic E-state index is -0.296. The maximum atomic E-state index is 12.9. The van der Waals surface area contributed by atoms with Gasteiger partial charge in [0, 0.05) is 0 Å². The zero-order chi connectivity index (χ0) is 15.4. The molecule has 22 heavy (non-hydrogen) atoms. The van der Waals surface area contributed by atoms with Crippen LogP contribution in [0.15, 0.2) is 64.5 Å². The van der Waals surface area contributed by atoms with E-state index in [0.717, 1.165) is 11.1 Å². The van der Waals surface area contributed by atoms with E-state index < -0.39 is 0 Å². The summed E-state index contributed by atoms with van der Waals surface area (Å²) < 4.78 is 12.9. The van der Waals surface area contributed by atoms with E-state index in [9.17, 15) is 9.18 Å². The van der Waals surface area contributed by atoms with Crippen molar-refractivity contribution >= 4 is 28.9 Å². The number of nitrogens with one attached hydrogen (secondary N) is 1. The zero-order valence-electron chi connectivity index (χ0n) is 11.6. The summed E-state index contributed by atoms with van der Waals surface area (Å²) in [5.74, 6) is -0.475. The Hall–Kier alpha value is -2.40. The summed E-state index contributed by atoms with van der Waals surface area (Å²) in [6, 6.07) is 15.8. The smallest absolute Gasteiger partial charge is 0.264 e. The number of amides is 1. The van der Waals surface area contributed by atoms with Crippen LogP contribution in [0.1, 0.15) is 11.1 Å². The average Bonchev–Trinajstić information content (AvgIpc) is 2.89. The third-order valence-corrected chi connectivity index (χ3v) is 4.01. The van der Waals surface area contributed by atoms with Crippen LogP contribution in [0.2, 0.25) is 0 Å². The molecule has 0 saturated carbocycles. The summed E-state index contributed by atoms with van der Waals surface area (Å²) in [6.45, 7) is 0.521. The number of carbonyl (C=O) groups is 1. The molecule has 0 aromatic heterocycles. The molecule has 0 atom stereocenters. The van der Waals surface area contributed by atoms with Crippen LogP contribution >= 0.6 is 11.8 Å². The highest BCUT2D eigenvalue weighted by Gasteiger charge is 2.23. The summed E-state index contributed by atoms with van der Waals surface area (Å²) in [5, 5.41) is 3.32. The number of nitrogens with zero attached hydrogens (tertiary/aromatic N) is 1. The highest BCUT2D eigenvalue weighted by Crippen LogP contribution is 2.26. The number of amidine groups is 1. The van der Waals surface area contributed by atoms with Gasteiger partial charge in [-0.1, -0.05) is 42.5 Å². The van der Waals surface area contributed by atoms with Crippen molar-refractivity contribution in [2.45, 2.75) is 6.54 Å². The van der Waals surface area contributed by atoms with Crippen LogP contribution in [0.5, 0.6) is 0 Å². The van der Waals surface area contributed by atoms with Crippen LogP contribution in [0.25, 0.3) is 6.08 Å². The van der Waals surface area contributed by atoms with Gasteiger partial charge in [-0.15, -0.1) is 0 Å². The fraction of sp³-hybridized carbons (Fsp3) is 0.0588. The van der Waals surface area contributed by atoms with E-state index in [4.69, 9.17) is 0 Å². The van der Waals surface area contributed by atoms with E-state index in [1.165, 1.54) is 23.9 Å². The van der Waals surface area contributed by atoms with E-state index in [1.54, 1.807) is 18.2 Å². The van der Waals surface area contributed by atoms with Crippen molar-refractivity contribution in [1.29, 1.82) is 0 Å². The molecule has 1 amide bonds. The molecule has 3 rings (SSSR count). The fourth-order valence-corrected chi connectivity index (χ4v) is 2.78. The summed E-state index contributed by atoms with van der Waals surface area (Å²) >= 11 is 1.29. The number of carbonyl (C=O) groups excluding carboxylic acids is 1. The lowest BCUT2D eigenvalue weighted by atomic mass is 10.2. The Kier molecular flexibility index (Phi) is 4.34. The molecule has 1 saturated heterocycles. The third kappa shape index (κ3) is 3.62. The van der Waals surface area contributed by atoms with Gasteiger partial charge < -0.3 is 5.32 Å². The number of rotatable bonds is 3. The van der Waals surface area contributed by atoms with Gasteiger partial charge in [-0.2, -0.15) is 0 Å². The number of benzene rings is 2. The molecular formula is C17H13FN2OS. The molecule has 3 nitrogen and oxygen atoms in total. The third-order valence-electron chi connectivity index (χ3n) is 3.07. The average molecular weight is 312 g/mol. The molecule has 1 heterocycles. The first-order valence-corrected chi connectivity index (χ1v) is 7.57. The molecule has 1 aliphatic rings. The Morgan fingerprint density at radius 3 is 2.55 bits per heavy atom. The van der Waals surface area contributed by atoms with Gasteiger partial charge in [0.05, 0.1) is 11.4 Å². The standard InChI is InChI=1S/C17H13FN2OS/c18-14-8-6-12(7-9-14)10-15-16(21)20-17(22-15)19-11-13-4-2-1-3-5-13/h1-10H,11H2,(H,19,20,21)/b15-10+. The molecule has 2 aromatic carbocycles. The van der Waals surface area contributed by atoms with Crippen LogP contribution in [-0.4, -0.2) is 11.1 Å². The number of halogens is 1. The first-order chi connectivity index (χ1) is 10.7. The van der Waals surface area contributed by atoms with Gasteiger partial charge in [0.1, 0.15) is 5.82 Å². The molecule has 0 unspecified atom stereocenters. The lowest BCUT2D eigenvalue weighted by Crippen LogP contribution is -2.19. The summed E-state index contributed by atoms with van der Waals surface area (Å²) in [5.41, 5.74) is 1.86. The Morgan fingerprint density at radius 2 is 1.82 bits per heavy atom. The minimum absolute atomic E-state index is 0.180. The molecule has 0 radical (unpaired) electrons. The van der Waals surface area contributed by atoms with Gasteiger partial charge in [-0.05, 0) is 41.1 Å². The van der Waals surface area contributed by atoms with Crippen molar-refractivity contribution in [2.75, 3.05) is 0 Å². The molecule has 1 fully saturated rings. The van der Waals surface area contributed by atoms with Crippen LogP contribution < -0.4 is 5.32 Å². The summed E-state index contributed by atoms with van der Waals surface area (Å²) in [6.07, 6.45) is 1.73.